The molecule has 0 atom stereocenters. The topological polar surface area (TPSA) is 88.6 Å². The van der Waals surface area contributed by atoms with E-state index in [-0.39, 0.29) is 5.91 Å². The number of ether oxygens (including phenoxy) is 2. The third-order valence-corrected chi connectivity index (χ3v) is 4.23. The van der Waals surface area contributed by atoms with Crippen molar-refractivity contribution in [2.45, 2.75) is 6.42 Å². The van der Waals surface area contributed by atoms with Crippen LogP contribution in [0.4, 0.5) is 17.3 Å². The maximum atomic E-state index is 12.6. The predicted octanol–water partition coefficient (Wildman–Crippen LogP) is 2.01. The molecule has 2 heterocycles. The van der Waals surface area contributed by atoms with E-state index in [1.807, 2.05) is 24.3 Å². The van der Waals surface area contributed by atoms with E-state index in [1.165, 1.54) is 12.4 Å². The van der Waals surface area contributed by atoms with Gasteiger partial charge in [0.25, 0.3) is 5.91 Å². The number of carbonyl (C=O) groups excluding carboxylic acids is 1. The number of hydrogen-bond acceptors (Lipinski definition) is 7. The largest absolute Gasteiger partial charge is 0.385 e. The van der Waals surface area contributed by atoms with Crippen molar-refractivity contribution >= 4 is 23.2 Å². The van der Waals surface area contributed by atoms with Gasteiger partial charge >= 0.3 is 0 Å². The van der Waals surface area contributed by atoms with Crippen molar-refractivity contribution < 1.29 is 14.3 Å². The highest BCUT2D eigenvalue weighted by Crippen LogP contribution is 2.26. The number of benzene rings is 1. The monoisotopic (exact) mass is 371 g/mol. The smallest absolute Gasteiger partial charge is 0.258 e. The Labute approximate surface area is 158 Å². The molecule has 1 fully saturated rings. The summed E-state index contributed by atoms with van der Waals surface area (Å²) in [5.41, 5.74) is 2.17. The van der Waals surface area contributed by atoms with Gasteiger partial charge in [0.2, 0.25) is 5.95 Å². The Morgan fingerprint density at radius 1 is 1.22 bits per heavy atom. The summed E-state index contributed by atoms with van der Waals surface area (Å²) < 4.78 is 10.4. The zero-order chi connectivity index (χ0) is 18.9. The molecule has 1 saturated heterocycles. The minimum Gasteiger partial charge on any atom is -0.385 e. The number of morpholine rings is 1. The zero-order valence-corrected chi connectivity index (χ0v) is 15.5. The lowest BCUT2D eigenvalue weighted by atomic mass is 10.2. The van der Waals surface area contributed by atoms with Crippen LogP contribution in [0.3, 0.4) is 0 Å². The molecule has 1 aromatic heterocycles. The molecule has 0 unspecified atom stereocenters. The summed E-state index contributed by atoms with van der Waals surface area (Å²) in [5.74, 6) is 0.262. The second-order valence-corrected chi connectivity index (χ2v) is 6.14. The maximum Gasteiger partial charge on any atom is 0.258 e. The summed E-state index contributed by atoms with van der Waals surface area (Å²) in [6, 6.07) is 7.77. The molecule has 1 aromatic carbocycles. The summed E-state index contributed by atoms with van der Waals surface area (Å²) in [6.07, 6.45) is 3.91. The molecule has 1 amide bonds. The van der Waals surface area contributed by atoms with Gasteiger partial charge in [-0.2, -0.15) is 0 Å². The molecular weight excluding hydrogens is 346 g/mol. The molecule has 3 rings (SSSR count). The normalized spacial score (nSPS) is 14.0. The van der Waals surface area contributed by atoms with Crippen LogP contribution >= 0.6 is 0 Å². The highest BCUT2D eigenvalue weighted by Gasteiger charge is 2.16. The van der Waals surface area contributed by atoms with Gasteiger partial charge < -0.3 is 25.0 Å². The van der Waals surface area contributed by atoms with Crippen molar-refractivity contribution in [2.24, 2.45) is 0 Å². The molecular formula is C19H25N5O3. The van der Waals surface area contributed by atoms with Gasteiger partial charge in [-0.3, -0.25) is 4.79 Å². The minimum atomic E-state index is -0.235. The number of anilines is 3. The highest BCUT2D eigenvalue weighted by molar-refractivity contribution is 6.05. The standard InChI is InChI=1S/C19H25N5O3/c1-26-10-4-7-20-19-21-13-15(14-22-19)18(25)23-16-5-2-3-6-17(16)24-8-11-27-12-9-24/h2-3,5-6,13-14H,4,7-12H2,1H3,(H,23,25)(H,20,21,22). The number of methoxy groups -OCH3 is 1. The van der Waals surface area contributed by atoms with E-state index in [1.54, 1.807) is 7.11 Å². The van der Waals surface area contributed by atoms with Crippen LogP contribution in [-0.4, -0.2) is 62.4 Å². The summed E-state index contributed by atoms with van der Waals surface area (Å²) >= 11 is 0. The number of rotatable bonds is 8. The van der Waals surface area contributed by atoms with Crippen LogP contribution in [0.5, 0.6) is 0 Å². The van der Waals surface area contributed by atoms with E-state index in [2.05, 4.69) is 25.5 Å². The van der Waals surface area contributed by atoms with E-state index in [4.69, 9.17) is 9.47 Å². The van der Waals surface area contributed by atoms with Crippen molar-refractivity contribution in [1.29, 1.82) is 0 Å². The number of nitrogens with zero attached hydrogens (tertiary/aromatic N) is 3. The van der Waals surface area contributed by atoms with E-state index in [0.29, 0.717) is 37.9 Å². The van der Waals surface area contributed by atoms with Crippen molar-refractivity contribution in [1.82, 2.24) is 9.97 Å². The molecule has 0 spiro atoms. The van der Waals surface area contributed by atoms with Crippen LogP contribution < -0.4 is 15.5 Å². The lowest BCUT2D eigenvalue weighted by Gasteiger charge is -2.30. The summed E-state index contributed by atoms with van der Waals surface area (Å²) in [5, 5.41) is 6.06. The maximum absolute atomic E-state index is 12.6. The van der Waals surface area contributed by atoms with Crippen molar-refractivity contribution in [3.63, 3.8) is 0 Å². The van der Waals surface area contributed by atoms with Crippen LogP contribution in [0.15, 0.2) is 36.7 Å². The van der Waals surface area contributed by atoms with E-state index in [9.17, 15) is 4.79 Å². The van der Waals surface area contributed by atoms with Gasteiger partial charge in [0.1, 0.15) is 0 Å². The van der Waals surface area contributed by atoms with Crippen LogP contribution in [0.2, 0.25) is 0 Å². The molecule has 8 nitrogen and oxygen atoms in total. The second kappa shape index (κ2) is 9.84. The first-order chi connectivity index (χ1) is 13.3. The minimum absolute atomic E-state index is 0.235. The number of aromatic nitrogens is 2. The fraction of sp³-hybridized carbons (Fsp3) is 0.421. The average molecular weight is 371 g/mol. The van der Waals surface area contributed by atoms with Gasteiger partial charge in [-0.05, 0) is 18.6 Å². The first kappa shape index (κ1) is 19.1. The van der Waals surface area contributed by atoms with Crippen molar-refractivity contribution in [3.05, 3.63) is 42.2 Å². The van der Waals surface area contributed by atoms with Crippen molar-refractivity contribution in [2.75, 3.05) is 62.1 Å². The molecule has 8 heteroatoms. The molecule has 0 bridgehead atoms. The summed E-state index contributed by atoms with van der Waals surface area (Å²) in [7, 11) is 1.67. The molecule has 144 valence electrons. The Morgan fingerprint density at radius 2 is 1.96 bits per heavy atom. The average Bonchev–Trinajstić information content (AvgIpc) is 2.73. The van der Waals surface area contributed by atoms with Gasteiger partial charge in [0, 0.05) is 45.7 Å². The molecule has 0 saturated carbocycles. The molecule has 1 aliphatic heterocycles. The molecule has 2 aromatic rings. The zero-order valence-electron chi connectivity index (χ0n) is 15.5. The molecule has 0 aliphatic carbocycles. The molecule has 2 N–H and O–H groups in total. The molecule has 1 aliphatic rings. The van der Waals surface area contributed by atoms with Crippen LogP contribution in [0.1, 0.15) is 16.8 Å². The number of hydrogen-bond donors (Lipinski definition) is 2. The number of para-hydroxylation sites is 2. The first-order valence-corrected chi connectivity index (χ1v) is 9.06. The lowest BCUT2D eigenvalue weighted by Crippen LogP contribution is -2.36. The molecule has 0 radical (unpaired) electrons. The Morgan fingerprint density at radius 3 is 2.70 bits per heavy atom. The van der Waals surface area contributed by atoms with Crippen LogP contribution in [-0.2, 0) is 9.47 Å². The molecule has 27 heavy (non-hydrogen) atoms. The third kappa shape index (κ3) is 5.38. The van der Waals surface area contributed by atoms with Crippen molar-refractivity contribution in [3.8, 4) is 0 Å². The lowest BCUT2D eigenvalue weighted by molar-refractivity contribution is 0.102. The van der Waals surface area contributed by atoms with Gasteiger partial charge in [0.05, 0.1) is 30.2 Å². The summed E-state index contributed by atoms with van der Waals surface area (Å²) in [4.78, 5) is 23.2. The fourth-order valence-corrected chi connectivity index (χ4v) is 2.81. The quantitative estimate of drug-likeness (QED) is 0.686. The van der Waals surface area contributed by atoms with Gasteiger partial charge in [-0.25, -0.2) is 9.97 Å². The number of nitrogens with one attached hydrogen (secondary N) is 2. The van der Waals surface area contributed by atoms with Gasteiger partial charge in [-0.15, -0.1) is 0 Å². The Kier molecular flexibility index (Phi) is 6.95. The van der Waals surface area contributed by atoms with E-state index < -0.39 is 0 Å². The second-order valence-electron chi connectivity index (χ2n) is 6.14. The highest BCUT2D eigenvalue weighted by atomic mass is 16.5. The Hall–Kier alpha value is -2.71. The van der Waals surface area contributed by atoms with Gasteiger partial charge in [0.15, 0.2) is 0 Å². The third-order valence-electron chi connectivity index (χ3n) is 4.23. The van der Waals surface area contributed by atoms with Crippen LogP contribution in [0, 0.1) is 0 Å². The summed E-state index contributed by atoms with van der Waals surface area (Å²) in [6.45, 7) is 4.38. The Balaban J connectivity index is 1.62. The fourth-order valence-electron chi connectivity index (χ4n) is 2.81. The van der Waals surface area contributed by atoms with E-state index in [0.717, 1.165) is 30.9 Å². The Bertz CT molecular complexity index is 732. The van der Waals surface area contributed by atoms with Gasteiger partial charge in [-0.1, -0.05) is 12.1 Å². The van der Waals surface area contributed by atoms with E-state index >= 15 is 0 Å². The predicted molar refractivity (Wildman–Crippen MR) is 104 cm³/mol. The SMILES string of the molecule is COCCCNc1ncc(C(=O)Nc2ccccc2N2CCOCC2)cn1. The number of amides is 1. The number of carbonyl (C=O) groups is 1. The first-order valence-electron chi connectivity index (χ1n) is 9.06. The van der Waals surface area contributed by atoms with Crippen LogP contribution in [0.25, 0.3) is 0 Å².